The molecule has 3 nitrogen and oxygen atoms in total. The Morgan fingerprint density at radius 2 is 2.08 bits per heavy atom. The summed E-state index contributed by atoms with van der Waals surface area (Å²) in [5.74, 6) is 0.469. The smallest absolute Gasteiger partial charge is 0.422 e. The molecule has 2 atom stereocenters. The molecule has 1 heterocycles. The number of alkyl halides is 3. The van der Waals surface area contributed by atoms with Crippen LogP contribution in [0.15, 0.2) is 30.4 Å². The van der Waals surface area contributed by atoms with Crippen LogP contribution in [-0.2, 0) is 5.41 Å². The Labute approximate surface area is 140 Å². The van der Waals surface area contributed by atoms with E-state index in [-0.39, 0.29) is 11.2 Å². The van der Waals surface area contributed by atoms with E-state index in [0.29, 0.717) is 11.8 Å². The second kappa shape index (κ2) is 6.31. The first kappa shape index (κ1) is 17.1. The monoisotopic (exact) mass is 341 g/mol. The molecule has 1 saturated heterocycles. The number of likely N-dealkylation sites (N-methyl/N-ethyl adjacent to an activating group) is 1. The Morgan fingerprint density at radius 1 is 1.29 bits per heavy atom. The van der Waals surface area contributed by atoms with E-state index < -0.39 is 12.8 Å². The number of benzene rings is 1. The Morgan fingerprint density at radius 3 is 2.79 bits per heavy atom. The molecular formula is C18H22F3NO2. The number of halogens is 3. The van der Waals surface area contributed by atoms with Crippen molar-refractivity contribution in [1.29, 1.82) is 0 Å². The van der Waals surface area contributed by atoms with Crippen LogP contribution in [0.3, 0.4) is 0 Å². The lowest BCUT2D eigenvalue weighted by atomic mass is 9.70. The van der Waals surface area contributed by atoms with Gasteiger partial charge in [0.2, 0.25) is 0 Å². The fourth-order valence-corrected chi connectivity index (χ4v) is 3.97. The number of hydrogen-bond acceptors (Lipinski definition) is 3. The Kier molecular flexibility index (Phi) is 4.51. The molecule has 2 aliphatic rings. The van der Waals surface area contributed by atoms with Gasteiger partial charge in [0.05, 0.1) is 7.11 Å². The SMILES string of the molecule is COc1ccc([C@@]23C=CCCC2N(C)CC3)cc1OCC(F)(F)F. The normalized spacial score (nSPS) is 27.1. The van der Waals surface area contributed by atoms with Crippen molar-refractivity contribution in [3.63, 3.8) is 0 Å². The summed E-state index contributed by atoms with van der Waals surface area (Å²) in [7, 11) is 3.54. The van der Waals surface area contributed by atoms with E-state index >= 15 is 0 Å². The van der Waals surface area contributed by atoms with Gasteiger partial charge in [0.25, 0.3) is 0 Å². The minimum Gasteiger partial charge on any atom is -0.493 e. The molecule has 3 rings (SSSR count). The summed E-state index contributed by atoms with van der Waals surface area (Å²) in [5.41, 5.74) is 0.834. The molecule has 6 heteroatoms. The van der Waals surface area contributed by atoms with Gasteiger partial charge in [-0.1, -0.05) is 18.2 Å². The van der Waals surface area contributed by atoms with Crippen molar-refractivity contribution >= 4 is 0 Å². The summed E-state index contributed by atoms with van der Waals surface area (Å²) in [4.78, 5) is 2.34. The van der Waals surface area contributed by atoms with Crippen LogP contribution in [0.4, 0.5) is 13.2 Å². The van der Waals surface area contributed by atoms with Crippen LogP contribution in [0, 0.1) is 0 Å². The molecule has 24 heavy (non-hydrogen) atoms. The van der Waals surface area contributed by atoms with Crippen molar-refractivity contribution in [1.82, 2.24) is 4.90 Å². The molecule has 1 aromatic carbocycles. The number of hydrogen-bond donors (Lipinski definition) is 0. The highest BCUT2D eigenvalue weighted by atomic mass is 19.4. The molecule has 0 spiro atoms. The van der Waals surface area contributed by atoms with Crippen LogP contribution < -0.4 is 9.47 Å². The standard InChI is InChI=1S/C18H22F3NO2/c1-22-10-9-17(8-4-3-5-16(17)22)13-6-7-14(23-2)15(11-13)24-12-18(19,20)21/h4,6-8,11,16H,3,5,9-10,12H2,1-2H3/t16?,17-/m0/s1. The summed E-state index contributed by atoms with van der Waals surface area (Å²) in [5, 5.41) is 0. The number of fused-ring (bicyclic) bond motifs is 1. The molecule has 0 radical (unpaired) electrons. The van der Waals surface area contributed by atoms with Gasteiger partial charge in [-0.25, -0.2) is 0 Å². The zero-order chi connectivity index (χ0) is 17.4. The Hall–Kier alpha value is -1.69. The lowest BCUT2D eigenvalue weighted by Gasteiger charge is -2.38. The van der Waals surface area contributed by atoms with Crippen LogP contribution in [0.25, 0.3) is 0 Å². The van der Waals surface area contributed by atoms with Crippen molar-refractivity contribution in [2.75, 3.05) is 27.3 Å². The van der Waals surface area contributed by atoms with E-state index in [1.807, 2.05) is 6.07 Å². The first-order chi connectivity index (χ1) is 11.4. The topological polar surface area (TPSA) is 21.7 Å². The quantitative estimate of drug-likeness (QED) is 0.775. The summed E-state index contributed by atoms with van der Waals surface area (Å²) in [6.07, 6.45) is 3.06. The van der Waals surface area contributed by atoms with E-state index in [9.17, 15) is 13.2 Å². The third-order valence-corrected chi connectivity index (χ3v) is 5.12. The number of ether oxygens (including phenoxy) is 2. The molecule has 0 bridgehead atoms. The molecule has 1 aliphatic heterocycles. The summed E-state index contributed by atoms with van der Waals surface area (Å²) < 4.78 is 47.7. The molecule has 1 aromatic rings. The maximum absolute atomic E-state index is 12.5. The fourth-order valence-electron chi connectivity index (χ4n) is 3.97. The minimum atomic E-state index is -4.37. The van der Waals surface area contributed by atoms with Crippen molar-refractivity contribution < 1.29 is 22.6 Å². The maximum Gasteiger partial charge on any atom is 0.422 e. The van der Waals surface area contributed by atoms with Gasteiger partial charge in [-0.05, 0) is 50.6 Å². The lowest BCUT2D eigenvalue weighted by molar-refractivity contribution is -0.153. The van der Waals surface area contributed by atoms with Gasteiger partial charge in [-0.2, -0.15) is 13.2 Å². The van der Waals surface area contributed by atoms with Crippen LogP contribution in [0.5, 0.6) is 11.5 Å². The van der Waals surface area contributed by atoms with Crippen LogP contribution in [-0.4, -0.2) is 44.4 Å². The van der Waals surface area contributed by atoms with E-state index in [1.165, 1.54) is 7.11 Å². The first-order valence-corrected chi connectivity index (χ1v) is 8.12. The molecule has 0 N–H and O–H groups in total. The van der Waals surface area contributed by atoms with Crippen LogP contribution >= 0.6 is 0 Å². The van der Waals surface area contributed by atoms with Crippen molar-refractivity contribution in [3.05, 3.63) is 35.9 Å². The number of likely N-dealkylation sites (tertiary alicyclic amines) is 1. The van der Waals surface area contributed by atoms with Crippen molar-refractivity contribution in [2.24, 2.45) is 0 Å². The molecular weight excluding hydrogens is 319 g/mol. The highest BCUT2D eigenvalue weighted by Gasteiger charge is 2.46. The fraction of sp³-hybridized carbons (Fsp3) is 0.556. The summed E-state index contributed by atoms with van der Waals surface area (Å²) in [6.45, 7) is -0.348. The number of allylic oxidation sites excluding steroid dienone is 1. The van der Waals surface area contributed by atoms with E-state index in [4.69, 9.17) is 9.47 Å². The highest BCUT2D eigenvalue weighted by Crippen LogP contribution is 2.47. The Bertz CT molecular complexity index is 629. The second-order valence-corrected chi connectivity index (χ2v) is 6.54. The van der Waals surface area contributed by atoms with Crippen LogP contribution in [0.1, 0.15) is 24.8 Å². The van der Waals surface area contributed by atoms with Gasteiger partial charge in [0.15, 0.2) is 18.1 Å². The molecule has 0 aromatic heterocycles. The van der Waals surface area contributed by atoms with Crippen molar-refractivity contribution in [2.45, 2.75) is 36.9 Å². The minimum absolute atomic E-state index is 0.147. The first-order valence-electron chi connectivity index (χ1n) is 8.12. The van der Waals surface area contributed by atoms with Gasteiger partial charge in [0.1, 0.15) is 0 Å². The highest BCUT2D eigenvalue weighted by molar-refractivity contribution is 5.48. The number of rotatable bonds is 4. The van der Waals surface area contributed by atoms with Gasteiger partial charge in [0, 0.05) is 11.5 Å². The zero-order valence-electron chi connectivity index (χ0n) is 13.9. The third-order valence-electron chi connectivity index (χ3n) is 5.12. The predicted molar refractivity (Wildman–Crippen MR) is 85.6 cm³/mol. The molecule has 0 saturated carbocycles. The molecule has 1 aliphatic carbocycles. The lowest BCUT2D eigenvalue weighted by Crippen LogP contribution is -2.41. The molecule has 1 fully saturated rings. The van der Waals surface area contributed by atoms with E-state index in [1.54, 1.807) is 12.1 Å². The Balaban J connectivity index is 1.96. The van der Waals surface area contributed by atoms with Gasteiger partial charge >= 0.3 is 6.18 Å². The zero-order valence-corrected chi connectivity index (χ0v) is 13.9. The number of methoxy groups -OCH3 is 1. The average molecular weight is 341 g/mol. The average Bonchev–Trinajstić information content (AvgIpc) is 2.91. The van der Waals surface area contributed by atoms with Gasteiger partial charge in [-0.3, -0.25) is 0 Å². The maximum atomic E-state index is 12.5. The van der Waals surface area contributed by atoms with Gasteiger partial charge < -0.3 is 14.4 Å². The molecule has 132 valence electrons. The van der Waals surface area contributed by atoms with Gasteiger partial charge in [-0.15, -0.1) is 0 Å². The second-order valence-electron chi connectivity index (χ2n) is 6.54. The summed E-state index contributed by atoms with van der Waals surface area (Å²) in [6, 6.07) is 5.73. The van der Waals surface area contributed by atoms with E-state index in [2.05, 4.69) is 24.1 Å². The predicted octanol–water partition coefficient (Wildman–Crippen LogP) is 3.93. The third kappa shape index (κ3) is 3.11. The van der Waals surface area contributed by atoms with Crippen LogP contribution in [0.2, 0.25) is 0 Å². The number of nitrogens with zero attached hydrogens (tertiary/aromatic N) is 1. The summed E-state index contributed by atoms with van der Waals surface area (Å²) >= 11 is 0. The molecule has 1 unspecified atom stereocenters. The van der Waals surface area contributed by atoms with Crippen molar-refractivity contribution in [3.8, 4) is 11.5 Å². The largest absolute Gasteiger partial charge is 0.493 e. The van der Waals surface area contributed by atoms with E-state index in [0.717, 1.165) is 31.4 Å². The molecule has 0 amide bonds.